The number of benzene rings is 1. The van der Waals surface area contributed by atoms with Gasteiger partial charge in [-0.15, -0.1) is 0 Å². The molecule has 0 bridgehead atoms. The first-order chi connectivity index (χ1) is 7.72. The van der Waals surface area contributed by atoms with Gasteiger partial charge in [0.1, 0.15) is 0 Å². The molecule has 1 atom stereocenters. The Hall–Kier alpha value is -2.24. The monoisotopic (exact) mass is 223 g/mol. The van der Waals surface area contributed by atoms with Crippen LogP contribution in [0.15, 0.2) is 18.2 Å². The van der Waals surface area contributed by atoms with Gasteiger partial charge in [-0.1, -0.05) is 6.07 Å². The lowest BCUT2D eigenvalue weighted by molar-refractivity contribution is -0.140. The van der Waals surface area contributed by atoms with Gasteiger partial charge in [0.2, 0.25) is 13.2 Å². The second kappa shape index (κ2) is 4.09. The molecule has 0 spiro atoms. The fourth-order valence-corrected chi connectivity index (χ4v) is 1.47. The van der Waals surface area contributed by atoms with Crippen LogP contribution >= 0.6 is 0 Å². The molecular weight excluding hydrogens is 214 g/mol. The average molecular weight is 223 g/mol. The molecule has 0 fully saturated rings. The summed E-state index contributed by atoms with van der Waals surface area (Å²) in [5.41, 5.74) is 0.434. The smallest absolute Gasteiger partial charge is 0.330 e. The Balaban J connectivity index is 2.31. The molecule has 1 heterocycles. The number of hydrogen-bond donors (Lipinski definition) is 2. The second-order valence-corrected chi connectivity index (χ2v) is 3.17. The number of carboxylic acids is 1. The molecule has 0 saturated heterocycles. The summed E-state index contributed by atoms with van der Waals surface area (Å²) in [6.45, 7) is 0.123. The van der Waals surface area contributed by atoms with Crippen molar-refractivity contribution in [1.82, 2.24) is 5.32 Å². The number of rotatable bonds is 4. The number of carbonyl (C=O) groups is 2. The van der Waals surface area contributed by atoms with Gasteiger partial charge in [-0.3, -0.25) is 4.79 Å². The third-order valence-electron chi connectivity index (χ3n) is 2.21. The maximum Gasteiger partial charge on any atom is 0.330 e. The van der Waals surface area contributed by atoms with Gasteiger partial charge < -0.3 is 19.9 Å². The topological polar surface area (TPSA) is 84.9 Å². The van der Waals surface area contributed by atoms with Crippen molar-refractivity contribution in [3.63, 3.8) is 0 Å². The zero-order chi connectivity index (χ0) is 11.5. The summed E-state index contributed by atoms with van der Waals surface area (Å²) in [5, 5.41) is 11.1. The van der Waals surface area contributed by atoms with Crippen LogP contribution in [0.2, 0.25) is 0 Å². The minimum atomic E-state index is -1.13. The molecule has 6 nitrogen and oxygen atoms in total. The Kier molecular flexibility index (Phi) is 2.63. The minimum Gasteiger partial charge on any atom is -0.479 e. The number of fused-ring (bicyclic) bond motifs is 1. The Bertz CT molecular complexity index is 431. The number of amides is 1. The van der Waals surface area contributed by atoms with E-state index in [1.807, 2.05) is 0 Å². The van der Waals surface area contributed by atoms with E-state index in [1.54, 1.807) is 12.1 Å². The Morgan fingerprint density at radius 3 is 2.88 bits per heavy atom. The van der Waals surface area contributed by atoms with Gasteiger partial charge in [-0.2, -0.15) is 0 Å². The first kappa shape index (κ1) is 10.3. The predicted molar refractivity (Wildman–Crippen MR) is 52.1 cm³/mol. The largest absolute Gasteiger partial charge is 0.479 e. The molecular formula is C10H9NO5. The zero-order valence-electron chi connectivity index (χ0n) is 8.17. The fourth-order valence-electron chi connectivity index (χ4n) is 1.47. The summed E-state index contributed by atoms with van der Waals surface area (Å²) >= 11 is 0. The third-order valence-corrected chi connectivity index (χ3v) is 2.21. The van der Waals surface area contributed by atoms with Crippen LogP contribution in [-0.4, -0.2) is 24.3 Å². The summed E-state index contributed by atoms with van der Waals surface area (Å²) in [5.74, 6) is -0.0820. The number of carboxylic acid groups (broad SMARTS) is 1. The van der Waals surface area contributed by atoms with Gasteiger partial charge in [-0.05, 0) is 17.7 Å². The van der Waals surface area contributed by atoms with Gasteiger partial charge >= 0.3 is 5.97 Å². The molecule has 0 aromatic heterocycles. The highest BCUT2D eigenvalue weighted by atomic mass is 16.7. The van der Waals surface area contributed by atoms with Crippen LogP contribution in [0.1, 0.15) is 11.6 Å². The van der Waals surface area contributed by atoms with Crippen LogP contribution in [0.4, 0.5) is 0 Å². The number of carbonyl (C=O) groups excluding carboxylic acids is 1. The summed E-state index contributed by atoms with van der Waals surface area (Å²) in [6.07, 6.45) is 0.351. The lowest BCUT2D eigenvalue weighted by atomic mass is 10.1. The van der Waals surface area contributed by atoms with Crippen molar-refractivity contribution in [2.45, 2.75) is 6.04 Å². The van der Waals surface area contributed by atoms with E-state index in [2.05, 4.69) is 5.32 Å². The van der Waals surface area contributed by atoms with Crippen molar-refractivity contribution in [1.29, 1.82) is 0 Å². The van der Waals surface area contributed by atoms with Crippen LogP contribution in [-0.2, 0) is 9.59 Å². The highest BCUT2D eigenvalue weighted by Crippen LogP contribution is 2.34. The minimum absolute atomic E-state index is 0.123. The normalized spacial score (nSPS) is 14.2. The molecule has 1 aliphatic heterocycles. The Morgan fingerprint density at radius 1 is 1.44 bits per heavy atom. The molecule has 1 aromatic rings. The molecule has 6 heteroatoms. The first-order valence-electron chi connectivity index (χ1n) is 4.54. The molecule has 84 valence electrons. The predicted octanol–water partition coefficient (Wildman–Crippen LogP) is 0.287. The lowest BCUT2D eigenvalue weighted by Gasteiger charge is -2.11. The highest BCUT2D eigenvalue weighted by molar-refractivity contribution is 5.78. The molecule has 1 aliphatic rings. The van der Waals surface area contributed by atoms with Gasteiger partial charge in [0.15, 0.2) is 17.5 Å². The number of aliphatic carboxylic acids is 1. The fraction of sp³-hybridized carbons (Fsp3) is 0.200. The second-order valence-electron chi connectivity index (χ2n) is 3.17. The van der Waals surface area contributed by atoms with Crippen LogP contribution in [0.5, 0.6) is 11.5 Å². The van der Waals surface area contributed by atoms with Crippen molar-refractivity contribution < 1.29 is 24.2 Å². The number of hydrogen-bond acceptors (Lipinski definition) is 4. The molecule has 2 N–H and O–H groups in total. The maximum atomic E-state index is 10.9. The number of nitrogens with one attached hydrogen (secondary N) is 1. The SMILES string of the molecule is O=CNC(C(=O)O)c1ccc2c(c1)OCO2. The van der Waals surface area contributed by atoms with Crippen molar-refractivity contribution in [2.75, 3.05) is 6.79 Å². The summed E-state index contributed by atoms with van der Waals surface area (Å²) in [6, 6.07) is 3.65. The Morgan fingerprint density at radius 2 is 2.19 bits per heavy atom. The van der Waals surface area contributed by atoms with Gasteiger partial charge in [0, 0.05) is 0 Å². The van der Waals surface area contributed by atoms with Gasteiger partial charge in [-0.25, -0.2) is 4.79 Å². The number of ether oxygens (including phenoxy) is 2. The van der Waals surface area contributed by atoms with Crippen molar-refractivity contribution in [3.8, 4) is 11.5 Å². The van der Waals surface area contributed by atoms with E-state index >= 15 is 0 Å². The van der Waals surface area contributed by atoms with E-state index in [4.69, 9.17) is 14.6 Å². The van der Waals surface area contributed by atoms with Crippen LogP contribution in [0.25, 0.3) is 0 Å². The summed E-state index contributed by atoms with van der Waals surface area (Å²) < 4.78 is 10.2. The van der Waals surface area contributed by atoms with E-state index in [1.165, 1.54) is 6.07 Å². The molecule has 0 saturated carbocycles. The summed E-state index contributed by atoms with van der Waals surface area (Å²) in [7, 11) is 0. The van der Waals surface area contributed by atoms with E-state index in [0.29, 0.717) is 23.5 Å². The van der Waals surface area contributed by atoms with E-state index in [0.717, 1.165) is 0 Å². The van der Waals surface area contributed by atoms with Crippen molar-refractivity contribution >= 4 is 12.4 Å². The van der Waals surface area contributed by atoms with Crippen LogP contribution in [0, 0.1) is 0 Å². The molecule has 1 amide bonds. The molecule has 0 aliphatic carbocycles. The van der Waals surface area contributed by atoms with E-state index in [-0.39, 0.29) is 6.79 Å². The first-order valence-corrected chi connectivity index (χ1v) is 4.54. The maximum absolute atomic E-state index is 10.9. The van der Waals surface area contributed by atoms with Crippen LogP contribution in [0.3, 0.4) is 0 Å². The van der Waals surface area contributed by atoms with Gasteiger partial charge in [0.05, 0.1) is 0 Å². The lowest BCUT2D eigenvalue weighted by Crippen LogP contribution is -2.27. The standard InChI is InChI=1S/C10H9NO5/c12-4-11-9(10(13)14)6-1-2-7-8(3-6)16-5-15-7/h1-4,9H,5H2,(H,11,12)(H,13,14). The van der Waals surface area contributed by atoms with Crippen LogP contribution < -0.4 is 14.8 Å². The van der Waals surface area contributed by atoms with E-state index in [9.17, 15) is 9.59 Å². The van der Waals surface area contributed by atoms with E-state index < -0.39 is 12.0 Å². The summed E-state index contributed by atoms with van der Waals surface area (Å²) in [4.78, 5) is 21.2. The van der Waals surface area contributed by atoms with Crippen molar-refractivity contribution in [2.24, 2.45) is 0 Å². The molecule has 1 unspecified atom stereocenters. The van der Waals surface area contributed by atoms with Gasteiger partial charge in [0.25, 0.3) is 0 Å². The Labute approximate surface area is 90.8 Å². The third kappa shape index (κ3) is 1.77. The molecule has 16 heavy (non-hydrogen) atoms. The molecule has 1 aromatic carbocycles. The molecule has 0 radical (unpaired) electrons. The van der Waals surface area contributed by atoms with Crippen molar-refractivity contribution in [3.05, 3.63) is 23.8 Å². The average Bonchev–Trinajstić information content (AvgIpc) is 2.72. The highest BCUT2D eigenvalue weighted by Gasteiger charge is 2.22. The molecule has 2 rings (SSSR count). The quantitative estimate of drug-likeness (QED) is 0.716. The zero-order valence-corrected chi connectivity index (χ0v) is 8.17.